The lowest BCUT2D eigenvalue weighted by Crippen LogP contribution is -2.39. The highest BCUT2D eigenvalue weighted by Gasteiger charge is 2.19. The summed E-state index contributed by atoms with van der Waals surface area (Å²) in [4.78, 5) is 15.8. The van der Waals surface area contributed by atoms with Gasteiger partial charge in [-0.15, -0.1) is 0 Å². The van der Waals surface area contributed by atoms with Gasteiger partial charge in [-0.1, -0.05) is 30.3 Å². The molecule has 0 spiro atoms. The monoisotopic (exact) mass is 338 g/mol. The molecule has 0 aliphatic rings. The molecule has 1 atom stereocenters. The van der Waals surface area contributed by atoms with Crippen LogP contribution in [0.2, 0.25) is 0 Å². The SMILES string of the molecule is COCC(Cc1ccccc1)NC(=O)c1c[nH]cc1-c1cnn(C)c1. The molecular formula is C19H22N4O2. The topological polar surface area (TPSA) is 71.9 Å². The number of aromatic nitrogens is 3. The number of nitrogens with one attached hydrogen (secondary N) is 2. The lowest BCUT2D eigenvalue weighted by molar-refractivity contribution is 0.0897. The third kappa shape index (κ3) is 4.16. The number of methoxy groups -OCH3 is 1. The van der Waals surface area contributed by atoms with Crippen LogP contribution in [0.15, 0.2) is 55.1 Å². The standard InChI is InChI=1S/C19H22N4O2/c1-23-12-15(9-21-23)17-10-20-11-18(17)19(24)22-16(13-25-2)8-14-6-4-3-5-7-14/h3-7,9-12,16,20H,8,13H2,1-2H3,(H,22,24). The molecule has 0 fully saturated rings. The Kier molecular flexibility index (Phi) is 5.30. The Hall–Kier alpha value is -2.86. The molecule has 0 saturated carbocycles. The molecule has 0 aliphatic heterocycles. The van der Waals surface area contributed by atoms with Gasteiger partial charge in [-0.05, 0) is 12.0 Å². The molecule has 0 aliphatic carbocycles. The van der Waals surface area contributed by atoms with E-state index in [4.69, 9.17) is 4.74 Å². The molecule has 6 nitrogen and oxygen atoms in total. The Balaban J connectivity index is 1.75. The summed E-state index contributed by atoms with van der Waals surface area (Å²) in [5.74, 6) is -0.127. The van der Waals surface area contributed by atoms with Crippen LogP contribution in [-0.2, 0) is 18.2 Å². The average Bonchev–Trinajstić information content (AvgIpc) is 3.24. The molecule has 2 heterocycles. The van der Waals surface area contributed by atoms with Crippen LogP contribution in [-0.4, -0.2) is 40.4 Å². The van der Waals surface area contributed by atoms with E-state index in [9.17, 15) is 4.79 Å². The van der Waals surface area contributed by atoms with Gasteiger partial charge in [0.2, 0.25) is 0 Å². The largest absolute Gasteiger partial charge is 0.383 e. The van der Waals surface area contributed by atoms with Crippen LogP contribution < -0.4 is 5.32 Å². The molecule has 1 amide bonds. The molecule has 2 aromatic heterocycles. The Morgan fingerprint density at radius 3 is 2.80 bits per heavy atom. The first-order chi connectivity index (χ1) is 12.2. The van der Waals surface area contributed by atoms with Gasteiger partial charge in [-0.2, -0.15) is 5.10 Å². The van der Waals surface area contributed by atoms with Gasteiger partial charge < -0.3 is 15.0 Å². The van der Waals surface area contributed by atoms with E-state index >= 15 is 0 Å². The van der Waals surface area contributed by atoms with Crippen molar-refractivity contribution in [3.8, 4) is 11.1 Å². The molecule has 130 valence electrons. The van der Waals surface area contributed by atoms with Gasteiger partial charge in [0.15, 0.2) is 0 Å². The smallest absolute Gasteiger partial charge is 0.253 e. The van der Waals surface area contributed by atoms with Crippen LogP contribution in [0.25, 0.3) is 11.1 Å². The minimum atomic E-state index is -0.127. The van der Waals surface area contributed by atoms with Crippen LogP contribution in [0.1, 0.15) is 15.9 Å². The second-order valence-electron chi connectivity index (χ2n) is 6.00. The van der Waals surface area contributed by atoms with Gasteiger partial charge in [-0.3, -0.25) is 9.48 Å². The van der Waals surface area contributed by atoms with Gasteiger partial charge in [0.05, 0.1) is 24.4 Å². The zero-order valence-electron chi connectivity index (χ0n) is 14.4. The second kappa shape index (κ2) is 7.81. The maximum Gasteiger partial charge on any atom is 0.253 e. The van der Waals surface area contributed by atoms with E-state index in [-0.39, 0.29) is 11.9 Å². The summed E-state index contributed by atoms with van der Waals surface area (Å²) in [6.45, 7) is 0.452. The zero-order valence-corrected chi connectivity index (χ0v) is 14.4. The summed E-state index contributed by atoms with van der Waals surface area (Å²) in [5, 5.41) is 7.24. The van der Waals surface area contributed by atoms with Crippen molar-refractivity contribution in [2.45, 2.75) is 12.5 Å². The minimum Gasteiger partial charge on any atom is -0.383 e. The van der Waals surface area contributed by atoms with Gasteiger partial charge in [0.25, 0.3) is 5.91 Å². The Morgan fingerprint density at radius 1 is 1.32 bits per heavy atom. The predicted octanol–water partition coefficient (Wildman–Crippen LogP) is 2.40. The number of aromatic amines is 1. The Bertz CT molecular complexity index is 823. The zero-order chi connectivity index (χ0) is 17.6. The number of hydrogen-bond donors (Lipinski definition) is 2. The molecule has 3 aromatic rings. The highest BCUT2D eigenvalue weighted by atomic mass is 16.5. The Labute approximate surface area is 146 Å². The fraction of sp³-hybridized carbons (Fsp3) is 0.263. The number of rotatable bonds is 7. The molecule has 0 radical (unpaired) electrons. The maximum absolute atomic E-state index is 12.8. The minimum absolute atomic E-state index is 0.100. The van der Waals surface area contributed by atoms with E-state index in [2.05, 4.69) is 15.4 Å². The summed E-state index contributed by atoms with van der Waals surface area (Å²) in [7, 11) is 3.49. The van der Waals surface area contributed by atoms with Gasteiger partial charge in [-0.25, -0.2) is 0 Å². The third-order valence-corrected chi connectivity index (χ3v) is 4.03. The molecule has 6 heteroatoms. The summed E-state index contributed by atoms with van der Waals surface area (Å²) in [6, 6.07) is 9.96. The van der Waals surface area contributed by atoms with Crippen LogP contribution in [0, 0.1) is 0 Å². The number of benzene rings is 1. The average molecular weight is 338 g/mol. The first kappa shape index (κ1) is 17.0. The first-order valence-electron chi connectivity index (χ1n) is 8.17. The maximum atomic E-state index is 12.8. The number of nitrogens with zero attached hydrogens (tertiary/aromatic N) is 2. The van der Waals surface area contributed by atoms with E-state index in [1.165, 1.54) is 0 Å². The lowest BCUT2D eigenvalue weighted by atomic mass is 10.0. The highest BCUT2D eigenvalue weighted by molar-refractivity contribution is 6.00. The second-order valence-corrected chi connectivity index (χ2v) is 6.00. The quantitative estimate of drug-likeness (QED) is 0.695. The van der Waals surface area contributed by atoms with Crippen LogP contribution in [0.4, 0.5) is 0 Å². The van der Waals surface area contributed by atoms with Crippen LogP contribution in [0.5, 0.6) is 0 Å². The molecule has 3 rings (SSSR count). The van der Waals surface area contributed by atoms with Crippen molar-refractivity contribution in [2.24, 2.45) is 7.05 Å². The van der Waals surface area contributed by atoms with Crippen molar-refractivity contribution >= 4 is 5.91 Å². The van der Waals surface area contributed by atoms with E-state index in [1.807, 2.05) is 49.8 Å². The van der Waals surface area contributed by atoms with Crippen molar-refractivity contribution in [1.29, 1.82) is 0 Å². The molecule has 25 heavy (non-hydrogen) atoms. The van der Waals surface area contributed by atoms with Crippen molar-refractivity contribution in [3.63, 3.8) is 0 Å². The molecule has 1 aromatic carbocycles. The summed E-state index contributed by atoms with van der Waals surface area (Å²) in [6.07, 6.45) is 7.87. The van der Waals surface area contributed by atoms with Crippen molar-refractivity contribution in [1.82, 2.24) is 20.1 Å². The normalized spacial score (nSPS) is 12.1. The molecular weight excluding hydrogens is 316 g/mol. The van der Waals surface area contributed by atoms with Crippen molar-refractivity contribution in [3.05, 3.63) is 66.2 Å². The van der Waals surface area contributed by atoms with Gasteiger partial charge in [0.1, 0.15) is 0 Å². The number of hydrogen-bond acceptors (Lipinski definition) is 3. The van der Waals surface area contributed by atoms with Crippen LogP contribution in [0.3, 0.4) is 0 Å². The van der Waals surface area contributed by atoms with E-state index < -0.39 is 0 Å². The highest BCUT2D eigenvalue weighted by Crippen LogP contribution is 2.23. The van der Waals surface area contributed by atoms with E-state index in [1.54, 1.807) is 24.2 Å². The number of H-pyrrole nitrogens is 1. The van der Waals surface area contributed by atoms with Crippen molar-refractivity contribution in [2.75, 3.05) is 13.7 Å². The lowest BCUT2D eigenvalue weighted by Gasteiger charge is -2.18. The predicted molar refractivity (Wildman–Crippen MR) is 96.3 cm³/mol. The fourth-order valence-corrected chi connectivity index (χ4v) is 2.87. The summed E-state index contributed by atoms with van der Waals surface area (Å²) in [5.41, 5.74) is 3.50. The first-order valence-corrected chi connectivity index (χ1v) is 8.17. The molecule has 0 bridgehead atoms. The summed E-state index contributed by atoms with van der Waals surface area (Å²) < 4.78 is 6.99. The van der Waals surface area contributed by atoms with Crippen LogP contribution >= 0.6 is 0 Å². The third-order valence-electron chi connectivity index (χ3n) is 4.03. The van der Waals surface area contributed by atoms with Crippen molar-refractivity contribution < 1.29 is 9.53 Å². The molecule has 2 N–H and O–H groups in total. The Morgan fingerprint density at radius 2 is 2.12 bits per heavy atom. The molecule has 0 saturated heterocycles. The number of aryl methyl sites for hydroxylation is 1. The number of amides is 1. The number of ether oxygens (including phenoxy) is 1. The molecule has 1 unspecified atom stereocenters. The van der Waals surface area contributed by atoms with E-state index in [0.717, 1.165) is 16.7 Å². The number of carbonyl (C=O) groups is 1. The number of carbonyl (C=O) groups excluding carboxylic acids is 1. The van der Waals surface area contributed by atoms with Gasteiger partial charge >= 0.3 is 0 Å². The summed E-state index contributed by atoms with van der Waals surface area (Å²) >= 11 is 0. The van der Waals surface area contributed by atoms with E-state index in [0.29, 0.717) is 18.6 Å². The fourth-order valence-electron chi connectivity index (χ4n) is 2.87. The van der Waals surface area contributed by atoms with Gasteiger partial charge in [0, 0.05) is 43.9 Å².